The van der Waals surface area contributed by atoms with E-state index in [9.17, 15) is 9.59 Å². The number of benzene rings is 1. The lowest BCUT2D eigenvalue weighted by molar-refractivity contribution is -0.127. The molecule has 1 heterocycles. The Hall–Kier alpha value is -1.84. The molecule has 1 aliphatic heterocycles. The summed E-state index contributed by atoms with van der Waals surface area (Å²) in [6, 6.07) is 7.58. The van der Waals surface area contributed by atoms with Gasteiger partial charge in [0.05, 0.1) is 5.56 Å². The van der Waals surface area contributed by atoms with Crippen LogP contribution < -0.4 is 5.32 Å². The lowest BCUT2D eigenvalue weighted by Gasteiger charge is -2.35. The first kappa shape index (κ1) is 12.2. The molecule has 1 aromatic carbocycles. The largest absolute Gasteiger partial charge is 0.451 e. The Bertz CT molecular complexity index is 530. The molecule has 0 aromatic heterocycles. The second-order valence-electron chi connectivity index (χ2n) is 5.32. The lowest BCUT2D eigenvalue weighted by Crippen LogP contribution is -2.37. The van der Waals surface area contributed by atoms with Crippen molar-refractivity contribution < 1.29 is 14.3 Å². The molecule has 2 aliphatic rings. The molecule has 0 atom stereocenters. The Morgan fingerprint density at radius 2 is 2.00 bits per heavy atom. The summed E-state index contributed by atoms with van der Waals surface area (Å²) in [7, 11) is 1.66. The maximum absolute atomic E-state index is 11.9. The third-order valence-corrected chi connectivity index (χ3v) is 4.34. The second-order valence-corrected chi connectivity index (χ2v) is 5.32. The van der Waals surface area contributed by atoms with E-state index in [-0.39, 0.29) is 17.8 Å². The zero-order valence-corrected chi connectivity index (χ0v) is 10.9. The zero-order valence-electron chi connectivity index (χ0n) is 10.9. The minimum atomic E-state index is -0.488. The van der Waals surface area contributed by atoms with Crippen molar-refractivity contribution in [2.45, 2.75) is 31.3 Å². The fourth-order valence-electron chi connectivity index (χ4n) is 3.27. The molecule has 1 fully saturated rings. The number of hydrogen-bond donors (Lipinski definition) is 1. The van der Waals surface area contributed by atoms with Gasteiger partial charge in [-0.25, -0.2) is 4.79 Å². The molecule has 0 saturated heterocycles. The molecule has 1 amide bonds. The van der Waals surface area contributed by atoms with Crippen LogP contribution in [0.2, 0.25) is 0 Å². The number of hydrogen-bond acceptors (Lipinski definition) is 3. The van der Waals surface area contributed by atoms with Gasteiger partial charge in [0.2, 0.25) is 5.91 Å². The van der Waals surface area contributed by atoms with Crippen LogP contribution >= 0.6 is 0 Å². The van der Waals surface area contributed by atoms with Crippen molar-refractivity contribution in [3.63, 3.8) is 0 Å². The average molecular weight is 259 g/mol. The number of fused-ring (bicyclic) bond motifs is 2. The van der Waals surface area contributed by atoms with Gasteiger partial charge in [0, 0.05) is 18.5 Å². The van der Waals surface area contributed by atoms with Crippen LogP contribution in [0.1, 0.15) is 41.6 Å². The van der Waals surface area contributed by atoms with Gasteiger partial charge in [0.25, 0.3) is 0 Å². The van der Waals surface area contributed by atoms with E-state index in [2.05, 4.69) is 5.32 Å². The van der Waals surface area contributed by atoms with Gasteiger partial charge in [-0.3, -0.25) is 4.79 Å². The van der Waals surface area contributed by atoms with Crippen LogP contribution in [0.3, 0.4) is 0 Å². The topological polar surface area (TPSA) is 55.4 Å². The third kappa shape index (κ3) is 1.82. The van der Waals surface area contributed by atoms with Crippen LogP contribution in [0.4, 0.5) is 0 Å². The minimum absolute atomic E-state index is 0.0436. The van der Waals surface area contributed by atoms with Crippen LogP contribution in [0.25, 0.3) is 0 Å². The Morgan fingerprint density at radius 1 is 1.32 bits per heavy atom. The molecule has 4 nitrogen and oxygen atoms in total. The first-order valence-electron chi connectivity index (χ1n) is 6.71. The van der Waals surface area contributed by atoms with Crippen molar-refractivity contribution in [3.05, 3.63) is 35.4 Å². The Balaban J connectivity index is 1.85. The van der Waals surface area contributed by atoms with E-state index in [4.69, 9.17) is 4.74 Å². The molecule has 19 heavy (non-hydrogen) atoms. The quantitative estimate of drug-likeness (QED) is 0.785. The van der Waals surface area contributed by atoms with Gasteiger partial charge in [-0.05, 0) is 31.7 Å². The van der Waals surface area contributed by atoms with Crippen molar-refractivity contribution in [2.24, 2.45) is 5.92 Å². The van der Waals surface area contributed by atoms with Crippen molar-refractivity contribution in [3.8, 4) is 0 Å². The van der Waals surface area contributed by atoms with Crippen molar-refractivity contribution >= 4 is 11.9 Å². The summed E-state index contributed by atoms with van der Waals surface area (Å²) < 4.78 is 5.65. The Morgan fingerprint density at radius 3 is 2.68 bits per heavy atom. The summed E-state index contributed by atoms with van der Waals surface area (Å²) in [5, 5.41) is 2.69. The first-order chi connectivity index (χ1) is 9.16. The highest BCUT2D eigenvalue weighted by molar-refractivity contribution is 5.94. The van der Waals surface area contributed by atoms with E-state index in [1.54, 1.807) is 7.05 Å². The number of rotatable bonds is 1. The van der Waals surface area contributed by atoms with Crippen LogP contribution in [-0.4, -0.2) is 18.9 Å². The van der Waals surface area contributed by atoms with Gasteiger partial charge in [-0.15, -0.1) is 0 Å². The fraction of sp³-hybridized carbons (Fsp3) is 0.467. The minimum Gasteiger partial charge on any atom is -0.451 e. The first-order valence-corrected chi connectivity index (χ1v) is 6.71. The summed E-state index contributed by atoms with van der Waals surface area (Å²) in [5.74, 6) is -0.0939. The average Bonchev–Trinajstić information content (AvgIpc) is 2.72. The van der Waals surface area contributed by atoms with Crippen LogP contribution in [0.5, 0.6) is 0 Å². The SMILES string of the molecule is CNC(=O)C1CCC2(CC1)OC(=O)c1ccccc12. The highest BCUT2D eigenvalue weighted by Crippen LogP contribution is 2.47. The molecule has 1 aliphatic carbocycles. The highest BCUT2D eigenvalue weighted by atomic mass is 16.6. The normalized spacial score (nSPS) is 28.9. The molecule has 1 spiro atoms. The number of amides is 1. The van der Waals surface area contributed by atoms with Gasteiger partial charge < -0.3 is 10.1 Å². The molecule has 0 unspecified atom stereocenters. The van der Waals surface area contributed by atoms with Crippen molar-refractivity contribution in [1.29, 1.82) is 0 Å². The van der Waals surface area contributed by atoms with Crippen molar-refractivity contribution in [2.75, 3.05) is 7.05 Å². The number of esters is 1. The molecular formula is C15H17NO3. The van der Waals surface area contributed by atoms with Crippen molar-refractivity contribution in [1.82, 2.24) is 5.32 Å². The predicted molar refractivity (Wildman–Crippen MR) is 69.6 cm³/mol. The molecule has 0 bridgehead atoms. The maximum atomic E-state index is 11.9. The van der Waals surface area contributed by atoms with Gasteiger partial charge in [-0.2, -0.15) is 0 Å². The Kier molecular flexibility index (Phi) is 2.81. The fourth-order valence-corrected chi connectivity index (χ4v) is 3.27. The van der Waals surface area contributed by atoms with Gasteiger partial charge in [-0.1, -0.05) is 18.2 Å². The molecule has 1 N–H and O–H groups in total. The zero-order chi connectivity index (χ0) is 13.5. The number of nitrogens with one attached hydrogen (secondary N) is 1. The molecule has 3 rings (SSSR count). The van der Waals surface area contributed by atoms with Gasteiger partial charge >= 0.3 is 5.97 Å². The summed E-state index contributed by atoms with van der Waals surface area (Å²) in [6.45, 7) is 0. The van der Waals surface area contributed by atoms with Crippen LogP contribution in [-0.2, 0) is 15.1 Å². The van der Waals surface area contributed by atoms with E-state index < -0.39 is 5.60 Å². The van der Waals surface area contributed by atoms with E-state index in [0.29, 0.717) is 5.56 Å². The molecule has 4 heteroatoms. The lowest BCUT2D eigenvalue weighted by atomic mass is 9.75. The summed E-state index contributed by atoms with van der Waals surface area (Å²) in [5.41, 5.74) is 1.19. The predicted octanol–water partition coefficient (Wildman–Crippen LogP) is 1.99. The molecule has 0 radical (unpaired) electrons. The maximum Gasteiger partial charge on any atom is 0.339 e. The van der Waals surface area contributed by atoms with Crippen LogP contribution in [0, 0.1) is 5.92 Å². The second kappa shape index (κ2) is 4.37. The summed E-state index contributed by atoms with van der Waals surface area (Å²) >= 11 is 0. The van der Waals surface area contributed by atoms with Gasteiger partial charge in [0.15, 0.2) is 0 Å². The number of carbonyl (C=O) groups excluding carboxylic acids is 2. The molecule has 100 valence electrons. The highest BCUT2D eigenvalue weighted by Gasteiger charge is 2.48. The van der Waals surface area contributed by atoms with E-state index >= 15 is 0 Å². The third-order valence-electron chi connectivity index (χ3n) is 4.34. The Labute approximate surface area is 112 Å². The summed E-state index contributed by atoms with van der Waals surface area (Å²) in [4.78, 5) is 23.6. The standard InChI is InChI=1S/C15H17NO3/c1-16-13(17)10-6-8-15(9-7-10)12-5-3-2-4-11(12)14(18)19-15/h2-5,10H,6-9H2,1H3,(H,16,17). The molecule has 1 aromatic rings. The van der Waals surface area contributed by atoms with E-state index in [0.717, 1.165) is 31.2 Å². The van der Waals surface area contributed by atoms with Crippen LogP contribution in [0.15, 0.2) is 24.3 Å². The number of ether oxygens (including phenoxy) is 1. The molecular weight excluding hydrogens is 242 g/mol. The van der Waals surface area contributed by atoms with E-state index in [1.807, 2.05) is 24.3 Å². The number of carbonyl (C=O) groups is 2. The van der Waals surface area contributed by atoms with E-state index in [1.165, 1.54) is 0 Å². The monoisotopic (exact) mass is 259 g/mol. The smallest absolute Gasteiger partial charge is 0.339 e. The summed E-state index contributed by atoms with van der Waals surface area (Å²) in [6.07, 6.45) is 2.99. The van der Waals surface area contributed by atoms with Gasteiger partial charge in [0.1, 0.15) is 5.60 Å². The molecule has 1 saturated carbocycles.